The van der Waals surface area contributed by atoms with Crippen LogP contribution in [0.2, 0.25) is 0 Å². The smallest absolute Gasteiger partial charge is 0.412 e. The van der Waals surface area contributed by atoms with E-state index in [1.807, 2.05) is 25.1 Å². The Labute approximate surface area is 172 Å². The molecule has 0 atom stereocenters. The van der Waals surface area contributed by atoms with Crippen LogP contribution >= 0.6 is 0 Å². The first-order valence-electron chi connectivity index (χ1n) is 9.41. The van der Waals surface area contributed by atoms with E-state index in [0.29, 0.717) is 29.3 Å². The standard InChI is InChI=1S/C22H29N3O4/c1-22(2,3)29-21(27)24-18-11-9-17(10-12-18)23-20(26)16-7-6-8-19(15-16)28-14-13-25(4)5/h6-12,15H,13-14H2,1-5H3,(H,23,26)(H,24,27). The molecular formula is C22H29N3O4. The average molecular weight is 399 g/mol. The maximum atomic E-state index is 12.5. The summed E-state index contributed by atoms with van der Waals surface area (Å²) >= 11 is 0. The molecule has 29 heavy (non-hydrogen) atoms. The van der Waals surface area contributed by atoms with Crippen molar-refractivity contribution < 1.29 is 19.1 Å². The highest BCUT2D eigenvalue weighted by molar-refractivity contribution is 6.04. The van der Waals surface area contributed by atoms with Gasteiger partial charge in [-0.25, -0.2) is 4.79 Å². The van der Waals surface area contributed by atoms with Gasteiger partial charge in [0.25, 0.3) is 5.91 Å². The van der Waals surface area contributed by atoms with E-state index in [4.69, 9.17) is 9.47 Å². The van der Waals surface area contributed by atoms with Crippen LogP contribution < -0.4 is 15.4 Å². The van der Waals surface area contributed by atoms with Gasteiger partial charge in [-0.05, 0) is 77.3 Å². The molecule has 156 valence electrons. The molecule has 2 aromatic rings. The van der Waals surface area contributed by atoms with E-state index in [2.05, 4.69) is 10.6 Å². The van der Waals surface area contributed by atoms with Crippen LogP contribution in [0.4, 0.5) is 16.2 Å². The third kappa shape index (κ3) is 8.23. The second-order valence-electron chi connectivity index (χ2n) is 7.84. The lowest BCUT2D eigenvalue weighted by atomic mass is 10.2. The molecule has 7 heteroatoms. The summed E-state index contributed by atoms with van der Waals surface area (Å²) in [6, 6.07) is 13.9. The third-order valence-electron chi connectivity index (χ3n) is 3.69. The van der Waals surface area contributed by atoms with Crippen LogP contribution in [0.15, 0.2) is 48.5 Å². The summed E-state index contributed by atoms with van der Waals surface area (Å²) in [5.41, 5.74) is 1.13. The fraction of sp³-hybridized carbons (Fsp3) is 0.364. The SMILES string of the molecule is CN(C)CCOc1cccc(C(=O)Nc2ccc(NC(=O)OC(C)(C)C)cc2)c1. The Hall–Kier alpha value is -3.06. The van der Waals surface area contributed by atoms with Crippen molar-refractivity contribution in [1.29, 1.82) is 0 Å². The van der Waals surface area contributed by atoms with Gasteiger partial charge >= 0.3 is 6.09 Å². The summed E-state index contributed by atoms with van der Waals surface area (Å²) in [4.78, 5) is 26.3. The highest BCUT2D eigenvalue weighted by atomic mass is 16.6. The summed E-state index contributed by atoms with van der Waals surface area (Å²) in [5, 5.41) is 5.48. The molecular weight excluding hydrogens is 370 g/mol. The molecule has 0 aliphatic carbocycles. The number of nitrogens with one attached hydrogen (secondary N) is 2. The average Bonchev–Trinajstić information content (AvgIpc) is 2.61. The molecule has 0 saturated carbocycles. The number of carbonyl (C=O) groups excluding carboxylic acids is 2. The minimum atomic E-state index is -0.567. The number of ether oxygens (including phenoxy) is 2. The Morgan fingerprint density at radius 3 is 2.17 bits per heavy atom. The number of rotatable bonds is 7. The van der Waals surface area contributed by atoms with Crippen molar-refractivity contribution in [3.05, 3.63) is 54.1 Å². The van der Waals surface area contributed by atoms with Crippen LogP contribution in [0.25, 0.3) is 0 Å². The fourth-order valence-corrected chi connectivity index (χ4v) is 2.33. The van der Waals surface area contributed by atoms with Gasteiger partial charge in [0, 0.05) is 23.5 Å². The zero-order valence-corrected chi connectivity index (χ0v) is 17.6. The Bertz CT molecular complexity index is 827. The lowest BCUT2D eigenvalue weighted by Gasteiger charge is -2.19. The van der Waals surface area contributed by atoms with Crippen molar-refractivity contribution in [2.45, 2.75) is 26.4 Å². The maximum Gasteiger partial charge on any atom is 0.412 e. The molecule has 2 amide bonds. The summed E-state index contributed by atoms with van der Waals surface area (Å²) in [7, 11) is 3.95. The largest absolute Gasteiger partial charge is 0.492 e. The van der Waals surface area contributed by atoms with Crippen molar-refractivity contribution in [3.63, 3.8) is 0 Å². The molecule has 0 radical (unpaired) electrons. The summed E-state index contributed by atoms with van der Waals surface area (Å²) in [6.07, 6.45) is -0.527. The second-order valence-corrected chi connectivity index (χ2v) is 7.84. The number of benzene rings is 2. The topological polar surface area (TPSA) is 79.9 Å². The minimum absolute atomic E-state index is 0.240. The summed E-state index contributed by atoms with van der Waals surface area (Å²) in [5.74, 6) is 0.410. The van der Waals surface area contributed by atoms with E-state index in [-0.39, 0.29) is 5.91 Å². The molecule has 0 saturated heterocycles. The lowest BCUT2D eigenvalue weighted by molar-refractivity contribution is 0.0635. The van der Waals surface area contributed by atoms with Crippen LogP contribution in [0.5, 0.6) is 5.75 Å². The van der Waals surface area contributed by atoms with Crippen LogP contribution in [0.3, 0.4) is 0 Å². The minimum Gasteiger partial charge on any atom is -0.492 e. The van der Waals surface area contributed by atoms with Gasteiger partial charge < -0.3 is 19.7 Å². The number of nitrogens with zero attached hydrogens (tertiary/aromatic N) is 1. The van der Waals surface area contributed by atoms with E-state index in [9.17, 15) is 9.59 Å². The van der Waals surface area contributed by atoms with Gasteiger partial charge in [-0.3, -0.25) is 10.1 Å². The number of carbonyl (C=O) groups is 2. The van der Waals surface area contributed by atoms with Gasteiger partial charge in [0.2, 0.25) is 0 Å². The Balaban J connectivity index is 1.93. The van der Waals surface area contributed by atoms with Crippen molar-refractivity contribution >= 4 is 23.4 Å². The Kier molecular flexibility index (Phi) is 7.61. The van der Waals surface area contributed by atoms with Gasteiger partial charge in [0.05, 0.1) is 0 Å². The van der Waals surface area contributed by atoms with E-state index >= 15 is 0 Å². The van der Waals surface area contributed by atoms with E-state index in [0.717, 1.165) is 6.54 Å². The zero-order valence-electron chi connectivity index (χ0n) is 17.6. The molecule has 0 heterocycles. The first kappa shape index (κ1) is 22.2. The van der Waals surface area contributed by atoms with Gasteiger partial charge in [-0.2, -0.15) is 0 Å². The third-order valence-corrected chi connectivity index (χ3v) is 3.69. The van der Waals surface area contributed by atoms with E-state index in [1.54, 1.807) is 63.2 Å². The predicted molar refractivity (Wildman–Crippen MR) is 115 cm³/mol. The van der Waals surface area contributed by atoms with E-state index in [1.165, 1.54) is 0 Å². The van der Waals surface area contributed by atoms with Crippen molar-refractivity contribution in [1.82, 2.24) is 4.90 Å². The molecule has 0 aromatic heterocycles. The van der Waals surface area contributed by atoms with Gasteiger partial charge in [0.15, 0.2) is 0 Å². The molecule has 7 nitrogen and oxygen atoms in total. The molecule has 2 aromatic carbocycles. The highest BCUT2D eigenvalue weighted by Gasteiger charge is 2.16. The molecule has 2 rings (SSSR count). The Morgan fingerprint density at radius 1 is 0.966 bits per heavy atom. The van der Waals surface area contributed by atoms with Gasteiger partial charge in [0.1, 0.15) is 18.0 Å². The van der Waals surface area contributed by atoms with Gasteiger partial charge in [-0.15, -0.1) is 0 Å². The van der Waals surface area contributed by atoms with Crippen molar-refractivity contribution in [3.8, 4) is 5.75 Å². The summed E-state index contributed by atoms with van der Waals surface area (Å²) in [6.45, 7) is 6.73. The molecule has 0 unspecified atom stereocenters. The lowest BCUT2D eigenvalue weighted by Crippen LogP contribution is -2.27. The molecule has 0 aliphatic rings. The first-order chi connectivity index (χ1) is 13.6. The maximum absolute atomic E-state index is 12.5. The number of anilines is 2. The quantitative estimate of drug-likeness (QED) is 0.728. The molecule has 2 N–H and O–H groups in total. The van der Waals surface area contributed by atoms with Crippen LogP contribution in [0.1, 0.15) is 31.1 Å². The van der Waals surface area contributed by atoms with Crippen molar-refractivity contribution in [2.24, 2.45) is 0 Å². The second kappa shape index (κ2) is 9.93. The number of amides is 2. The van der Waals surface area contributed by atoms with Crippen molar-refractivity contribution in [2.75, 3.05) is 37.9 Å². The molecule has 0 spiro atoms. The molecule has 0 bridgehead atoms. The Morgan fingerprint density at radius 2 is 1.59 bits per heavy atom. The highest BCUT2D eigenvalue weighted by Crippen LogP contribution is 2.18. The number of hydrogen-bond donors (Lipinski definition) is 2. The van der Waals surface area contributed by atoms with Crippen LogP contribution in [-0.2, 0) is 4.74 Å². The number of likely N-dealkylation sites (N-methyl/N-ethyl adjacent to an activating group) is 1. The zero-order chi connectivity index (χ0) is 21.4. The van der Waals surface area contributed by atoms with Crippen LogP contribution in [-0.4, -0.2) is 49.7 Å². The first-order valence-corrected chi connectivity index (χ1v) is 9.41. The molecule has 0 fully saturated rings. The predicted octanol–water partition coefficient (Wildman–Crippen LogP) is 4.23. The van der Waals surface area contributed by atoms with E-state index < -0.39 is 11.7 Å². The van der Waals surface area contributed by atoms with Crippen LogP contribution in [0, 0.1) is 0 Å². The molecule has 0 aliphatic heterocycles. The monoisotopic (exact) mass is 399 g/mol. The fourth-order valence-electron chi connectivity index (χ4n) is 2.33. The normalized spacial score (nSPS) is 11.1. The summed E-state index contributed by atoms with van der Waals surface area (Å²) < 4.78 is 10.9. The number of hydrogen-bond acceptors (Lipinski definition) is 5. The van der Waals surface area contributed by atoms with Gasteiger partial charge in [-0.1, -0.05) is 6.07 Å².